The smallest absolute Gasteiger partial charge is 0.326 e. The summed E-state index contributed by atoms with van der Waals surface area (Å²) in [7, 11) is 0. The van der Waals surface area contributed by atoms with Crippen molar-refractivity contribution in [3.05, 3.63) is 21.4 Å². The van der Waals surface area contributed by atoms with E-state index in [0.29, 0.717) is 4.88 Å². The van der Waals surface area contributed by atoms with Crippen molar-refractivity contribution in [2.24, 2.45) is 5.73 Å². The number of hydrogen-bond acceptors (Lipinski definition) is 4. The Hall–Kier alpha value is -1.89. The Morgan fingerprint density at radius 3 is 2.53 bits per heavy atom. The largest absolute Gasteiger partial charge is 0.480 e. The molecule has 0 radical (unpaired) electrons. The minimum atomic E-state index is -1.29. The summed E-state index contributed by atoms with van der Waals surface area (Å²) >= 11 is 1.32. The fourth-order valence-corrected chi connectivity index (χ4v) is 2.63. The van der Waals surface area contributed by atoms with Crippen LogP contribution in [0.1, 0.15) is 33.5 Å². The Labute approximate surface area is 114 Å². The molecule has 1 rings (SSSR count). The van der Waals surface area contributed by atoms with Crippen molar-refractivity contribution in [3.63, 3.8) is 0 Å². The van der Waals surface area contributed by atoms with E-state index < -0.39 is 30.2 Å². The lowest BCUT2D eigenvalue weighted by molar-refractivity contribution is -0.140. The second-order valence-corrected chi connectivity index (χ2v) is 5.24. The molecule has 0 saturated heterocycles. The van der Waals surface area contributed by atoms with Gasteiger partial charge in [0.15, 0.2) is 0 Å². The van der Waals surface area contributed by atoms with Crippen LogP contribution in [0.4, 0.5) is 0 Å². The number of primary amides is 1. The van der Waals surface area contributed by atoms with Crippen molar-refractivity contribution >= 4 is 29.1 Å². The molecule has 2 amide bonds. The molecular formula is C12H16N2O4S. The third-order valence-electron chi connectivity index (χ3n) is 2.57. The number of aliphatic carboxylic acids is 1. The number of thiophene rings is 1. The molecule has 0 saturated carbocycles. The standard InChI is InChI=1S/C12H16N2O4S/c1-3-8-6(2)4-9(19-8)11(16)14-7(12(17)18)5-10(13)15/h4,7H,3,5H2,1-2H3,(H2,13,15)(H,14,16)(H,17,18). The van der Waals surface area contributed by atoms with Crippen molar-refractivity contribution in [2.45, 2.75) is 32.7 Å². The number of carbonyl (C=O) groups excluding carboxylic acids is 2. The minimum absolute atomic E-state index is 0.425. The number of carbonyl (C=O) groups is 3. The number of amides is 2. The van der Waals surface area contributed by atoms with Crippen molar-refractivity contribution in [1.29, 1.82) is 0 Å². The highest BCUT2D eigenvalue weighted by molar-refractivity contribution is 7.14. The van der Waals surface area contributed by atoms with E-state index >= 15 is 0 Å². The van der Waals surface area contributed by atoms with E-state index in [0.717, 1.165) is 16.9 Å². The van der Waals surface area contributed by atoms with Gasteiger partial charge in [-0.15, -0.1) is 11.3 Å². The predicted molar refractivity (Wildman–Crippen MR) is 71.1 cm³/mol. The van der Waals surface area contributed by atoms with Crippen LogP contribution in [0.5, 0.6) is 0 Å². The van der Waals surface area contributed by atoms with Crippen LogP contribution in [-0.2, 0) is 16.0 Å². The average Bonchev–Trinajstić information content (AvgIpc) is 2.69. The number of carboxylic acid groups (broad SMARTS) is 1. The van der Waals surface area contributed by atoms with Gasteiger partial charge in [-0.1, -0.05) is 6.92 Å². The van der Waals surface area contributed by atoms with E-state index in [9.17, 15) is 14.4 Å². The molecule has 6 nitrogen and oxygen atoms in total. The molecule has 1 unspecified atom stereocenters. The van der Waals surface area contributed by atoms with Crippen LogP contribution in [0.15, 0.2) is 6.07 Å². The fourth-order valence-electron chi connectivity index (χ4n) is 1.61. The molecule has 0 bridgehead atoms. The molecule has 0 aromatic carbocycles. The molecule has 7 heteroatoms. The van der Waals surface area contributed by atoms with Crippen LogP contribution in [0.2, 0.25) is 0 Å². The van der Waals surface area contributed by atoms with Crippen molar-refractivity contribution < 1.29 is 19.5 Å². The Kier molecular flexibility index (Phi) is 5.05. The summed E-state index contributed by atoms with van der Waals surface area (Å²) in [5, 5.41) is 11.2. The van der Waals surface area contributed by atoms with E-state index in [4.69, 9.17) is 10.8 Å². The maximum absolute atomic E-state index is 11.9. The predicted octanol–water partition coefficient (Wildman–Crippen LogP) is 0.677. The van der Waals surface area contributed by atoms with Gasteiger partial charge in [0.05, 0.1) is 11.3 Å². The van der Waals surface area contributed by atoms with Crippen LogP contribution < -0.4 is 11.1 Å². The van der Waals surface area contributed by atoms with Crippen LogP contribution in [-0.4, -0.2) is 28.9 Å². The van der Waals surface area contributed by atoms with Gasteiger partial charge in [0.1, 0.15) is 6.04 Å². The van der Waals surface area contributed by atoms with Crippen LogP contribution in [0, 0.1) is 6.92 Å². The lowest BCUT2D eigenvalue weighted by atomic mass is 10.2. The molecule has 1 heterocycles. The number of hydrogen-bond donors (Lipinski definition) is 3. The van der Waals surface area contributed by atoms with Crippen LogP contribution in [0.3, 0.4) is 0 Å². The second kappa shape index (κ2) is 6.33. The normalized spacial score (nSPS) is 11.9. The van der Waals surface area contributed by atoms with Crippen molar-refractivity contribution in [2.75, 3.05) is 0 Å². The highest BCUT2D eigenvalue weighted by Gasteiger charge is 2.23. The molecule has 0 spiro atoms. The summed E-state index contributed by atoms with van der Waals surface area (Å²) in [6.45, 7) is 3.87. The molecule has 0 aliphatic rings. The first-order valence-corrected chi connectivity index (χ1v) is 6.58. The maximum atomic E-state index is 11.9. The van der Waals surface area contributed by atoms with E-state index in [2.05, 4.69) is 5.32 Å². The molecule has 1 aromatic rings. The third-order valence-corrected chi connectivity index (χ3v) is 3.95. The first kappa shape index (κ1) is 15.2. The molecule has 1 atom stereocenters. The molecule has 1 aromatic heterocycles. The lowest BCUT2D eigenvalue weighted by Gasteiger charge is -2.11. The van der Waals surface area contributed by atoms with Gasteiger partial charge in [-0.05, 0) is 25.0 Å². The van der Waals surface area contributed by atoms with Gasteiger partial charge in [0.25, 0.3) is 5.91 Å². The summed E-state index contributed by atoms with van der Waals surface area (Å²) < 4.78 is 0. The number of rotatable bonds is 6. The molecule has 0 fully saturated rings. The maximum Gasteiger partial charge on any atom is 0.326 e. The highest BCUT2D eigenvalue weighted by atomic mass is 32.1. The zero-order valence-corrected chi connectivity index (χ0v) is 11.5. The Morgan fingerprint density at radius 2 is 2.11 bits per heavy atom. The van der Waals surface area contributed by atoms with Crippen LogP contribution in [0.25, 0.3) is 0 Å². The van der Waals surface area contributed by atoms with Crippen LogP contribution >= 0.6 is 11.3 Å². The second-order valence-electron chi connectivity index (χ2n) is 4.11. The summed E-state index contributed by atoms with van der Waals surface area (Å²) in [6, 6.07) is 0.416. The summed E-state index contributed by atoms with van der Waals surface area (Å²) in [5.41, 5.74) is 5.94. The number of carboxylic acids is 1. The third kappa shape index (κ3) is 4.06. The first-order chi connectivity index (χ1) is 8.85. The molecular weight excluding hydrogens is 268 g/mol. The summed E-state index contributed by atoms with van der Waals surface area (Å²) in [5.74, 6) is -2.55. The molecule has 104 valence electrons. The topological polar surface area (TPSA) is 109 Å². The van der Waals surface area contributed by atoms with Gasteiger partial charge in [0.2, 0.25) is 5.91 Å². The van der Waals surface area contributed by atoms with Crippen molar-refractivity contribution in [3.8, 4) is 0 Å². The van der Waals surface area contributed by atoms with Gasteiger partial charge < -0.3 is 16.2 Å². The average molecular weight is 284 g/mol. The molecule has 0 aliphatic carbocycles. The lowest BCUT2D eigenvalue weighted by Crippen LogP contribution is -2.43. The Balaban J connectivity index is 2.81. The highest BCUT2D eigenvalue weighted by Crippen LogP contribution is 2.22. The number of aryl methyl sites for hydroxylation is 2. The molecule has 19 heavy (non-hydrogen) atoms. The monoisotopic (exact) mass is 284 g/mol. The van der Waals surface area contributed by atoms with Gasteiger partial charge in [-0.3, -0.25) is 9.59 Å². The Morgan fingerprint density at radius 1 is 1.47 bits per heavy atom. The minimum Gasteiger partial charge on any atom is -0.480 e. The summed E-state index contributed by atoms with van der Waals surface area (Å²) in [6.07, 6.45) is 0.388. The molecule has 4 N–H and O–H groups in total. The van der Waals surface area contributed by atoms with E-state index in [1.54, 1.807) is 6.07 Å². The van der Waals surface area contributed by atoms with Gasteiger partial charge in [0, 0.05) is 4.88 Å². The number of nitrogens with one attached hydrogen (secondary N) is 1. The van der Waals surface area contributed by atoms with E-state index in [1.165, 1.54) is 11.3 Å². The van der Waals surface area contributed by atoms with Gasteiger partial charge in [-0.25, -0.2) is 4.79 Å². The first-order valence-electron chi connectivity index (χ1n) is 5.76. The SMILES string of the molecule is CCc1sc(C(=O)NC(CC(N)=O)C(=O)O)cc1C. The fraction of sp³-hybridized carbons (Fsp3) is 0.417. The Bertz CT molecular complexity index is 510. The quantitative estimate of drug-likeness (QED) is 0.713. The van der Waals surface area contributed by atoms with Crippen molar-refractivity contribution in [1.82, 2.24) is 5.32 Å². The van der Waals surface area contributed by atoms with E-state index in [1.807, 2.05) is 13.8 Å². The zero-order chi connectivity index (χ0) is 14.6. The zero-order valence-electron chi connectivity index (χ0n) is 10.7. The van der Waals surface area contributed by atoms with Gasteiger partial charge in [-0.2, -0.15) is 0 Å². The summed E-state index contributed by atoms with van der Waals surface area (Å²) in [4.78, 5) is 35.1. The molecule has 0 aliphatic heterocycles. The van der Waals surface area contributed by atoms with E-state index in [-0.39, 0.29) is 0 Å². The van der Waals surface area contributed by atoms with Gasteiger partial charge >= 0.3 is 5.97 Å². The number of nitrogens with two attached hydrogens (primary N) is 1.